The van der Waals surface area contributed by atoms with Crippen LogP contribution in [-0.2, 0) is 0 Å². The summed E-state index contributed by atoms with van der Waals surface area (Å²) in [4.78, 5) is 0. The van der Waals surface area contributed by atoms with Crippen LogP contribution in [0, 0.1) is 5.82 Å². The zero-order valence-corrected chi connectivity index (χ0v) is 8.75. The van der Waals surface area contributed by atoms with E-state index in [4.69, 9.17) is 5.73 Å². The van der Waals surface area contributed by atoms with Gasteiger partial charge in [0.25, 0.3) is 0 Å². The Morgan fingerprint density at radius 1 is 1.20 bits per heavy atom. The average molecular weight is 208 g/mol. The van der Waals surface area contributed by atoms with E-state index in [1.54, 1.807) is 6.07 Å². The standard InChI is InChI=1S/C12H17FN2/c13-11-4-2-1-3-9(11)10-5-7-15-8-6-12(10)14/h1-4,10,12,15H,5-8,14H2. The van der Waals surface area contributed by atoms with Gasteiger partial charge in [-0.05, 0) is 37.6 Å². The van der Waals surface area contributed by atoms with Crippen LogP contribution in [0.3, 0.4) is 0 Å². The first-order valence-electron chi connectivity index (χ1n) is 5.50. The van der Waals surface area contributed by atoms with Gasteiger partial charge in [0.05, 0.1) is 0 Å². The van der Waals surface area contributed by atoms with Crippen LogP contribution < -0.4 is 11.1 Å². The Morgan fingerprint density at radius 3 is 2.73 bits per heavy atom. The van der Waals surface area contributed by atoms with E-state index in [1.165, 1.54) is 6.07 Å². The lowest BCUT2D eigenvalue weighted by molar-refractivity contribution is 0.490. The van der Waals surface area contributed by atoms with Gasteiger partial charge in [-0.25, -0.2) is 4.39 Å². The number of halogens is 1. The normalized spacial score (nSPS) is 27.3. The molecule has 2 rings (SSSR count). The third-order valence-electron chi connectivity index (χ3n) is 3.11. The van der Waals surface area contributed by atoms with Crippen molar-refractivity contribution in [2.24, 2.45) is 5.73 Å². The van der Waals surface area contributed by atoms with E-state index in [-0.39, 0.29) is 17.8 Å². The van der Waals surface area contributed by atoms with Crippen LogP contribution in [-0.4, -0.2) is 19.1 Å². The molecule has 82 valence electrons. The van der Waals surface area contributed by atoms with Crippen molar-refractivity contribution in [3.63, 3.8) is 0 Å². The van der Waals surface area contributed by atoms with Crippen LogP contribution in [0.1, 0.15) is 24.3 Å². The van der Waals surface area contributed by atoms with E-state index >= 15 is 0 Å². The molecule has 3 N–H and O–H groups in total. The molecule has 0 spiro atoms. The minimum atomic E-state index is -0.125. The molecule has 0 radical (unpaired) electrons. The second kappa shape index (κ2) is 4.73. The highest BCUT2D eigenvalue weighted by Gasteiger charge is 2.23. The van der Waals surface area contributed by atoms with Gasteiger partial charge in [0.1, 0.15) is 5.82 Å². The van der Waals surface area contributed by atoms with E-state index < -0.39 is 0 Å². The summed E-state index contributed by atoms with van der Waals surface area (Å²) in [6, 6.07) is 7.03. The smallest absolute Gasteiger partial charge is 0.126 e. The second-order valence-corrected chi connectivity index (χ2v) is 4.12. The summed E-state index contributed by atoms with van der Waals surface area (Å²) in [6.45, 7) is 1.86. The molecule has 1 fully saturated rings. The molecule has 0 saturated carbocycles. The molecular weight excluding hydrogens is 191 g/mol. The monoisotopic (exact) mass is 208 g/mol. The van der Waals surface area contributed by atoms with Crippen molar-refractivity contribution < 1.29 is 4.39 Å². The van der Waals surface area contributed by atoms with Crippen LogP contribution in [0.5, 0.6) is 0 Å². The first kappa shape index (κ1) is 10.6. The molecule has 1 aromatic carbocycles. The molecule has 1 aliphatic heterocycles. The largest absolute Gasteiger partial charge is 0.327 e. The molecule has 0 amide bonds. The fraction of sp³-hybridized carbons (Fsp3) is 0.500. The highest BCUT2D eigenvalue weighted by molar-refractivity contribution is 5.23. The molecular formula is C12H17FN2. The van der Waals surface area contributed by atoms with Gasteiger partial charge in [0, 0.05) is 12.0 Å². The molecule has 3 heteroatoms. The highest BCUT2D eigenvalue weighted by Crippen LogP contribution is 2.27. The topological polar surface area (TPSA) is 38.0 Å². The van der Waals surface area contributed by atoms with Gasteiger partial charge >= 0.3 is 0 Å². The molecule has 15 heavy (non-hydrogen) atoms. The molecule has 1 aliphatic rings. The van der Waals surface area contributed by atoms with Gasteiger partial charge in [-0.1, -0.05) is 18.2 Å². The van der Waals surface area contributed by atoms with Crippen LogP contribution in [0.2, 0.25) is 0 Å². The van der Waals surface area contributed by atoms with Crippen molar-refractivity contribution in [1.29, 1.82) is 0 Å². The summed E-state index contributed by atoms with van der Waals surface area (Å²) < 4.78 is 13.6. The lowest BCUT2D eigenvalue weighted by atomic mass is 9.88. The predicted octanol–water partition coefficient (Wildman–Crippen LogP) is 1.62. The fourth-order valence-electron chi connectivity index (χ4n) is 2.23. The van der Waals surface area contributed by atoms with Gasteiger partial charge in [-0.3, -0.25) is 0 Å². The molecule has 0 bridgehead atoms. The van der Waals surface area contributed by atoms with Crippen LogP contribution in [0.4, 0.5) is 4.39 Å². The Hall–Kier alpha value is -0.930. The lowest BCUT2D eigenvalue weighted by Crippen LogP contribution is -2.29. The van der Waals surface area contributed by atoms with Crippen molar-refractivity contribution in [3.8, 4) is 0 Å². The summed E-state index contributed by atoms with van der Waals surface area (Å²) in [5.74, 6) is 0.0288. The molecule has 1 heterocycles. The van der Waals surface area contributed by atoms with Gasteiger partial charge in [0.2, 0.25) is 0 Å². The van der Waals surface area contributed by atoms with Gasteiger partial charge in [-0.15, -0.1) is 0 Å². The zero-order chi connectivity index (χ0) is 10.7. The number of hydrogen-bond acceptors (Lipinski definition) is 2. The Labute approximate surface area is 89.7 Å². The summed E-state index contributed by atoms with van der Waals surface area (Å²) >= 11 is 0. The van der Waals surface area contributed by atoms with Gasteiger partial charge in [0.15, 0.2) is 0 Å². The van der Waals surface area contributed by atoms with Crippen molar-refractivity contribution in [2.45, 2.75) is 24.8 Å². The Morgan fingerprint density at radius 2 is 1.93 bits per heavy atom. The van der Waals surface area contributed by atoms with Crippen LogP contribution in [0.15, 0.2) is 24.3 Å². The third-order valence-corrected chi connectivity index (χ3v) is 3.11. The fourth-order valence-corrected chi connectivity index (χ4v) is 2.23. The SMILES string of the molecule is NC1CCNCCC1c1ccccc1F. The average Bonchev–Trinajstić information content (AvgIpc) is 2.44. The second-order valence-electron chi connectivity index (χ2n) is 4.12. The maximum absolute atomic E-state index is 13.6. The minimum absolute atomic E-state index is 0.0666. The molecule has 2 atom stereocenters. The quantitative estimate of drug-likeness (QED) is 0.736. The van der Waals surface area contributed by atoms with Crippen LogP contribution in [0.25, 0.3) is 0 Å². The van der Waals surface area contributed by atoms with Crippen molar-refractivity contribution in [3.05, 3.63) is 35.6 Å². The maximum atomic E-state index is 13.6. The number of nitrogens with one attached hydrogen (secondary N) is 1. The Bertz CT molecular complexity index is 327. The van der Waals surface area contributed by atoms with E-state index in [0.29, 0.717) is 0 Å². The number of rotatable bonds is 1. The molecule has 2 nitrogen and oxygen atoms in total. The van der Waals surface area contributed by atoms with Crippen molar-refractivity contribution >= 4 is 0 Å². The van der Waals surface area contributed by atoms with Crippen molar-refractivity contribution in [2.75, 3.05) is 13.1 Å². The summed E-state index contributed by atoms with van der Waals surface area (Å²) in [7, 11) is 0. The first-order valence-corrected chi connectivity index (χ1v) is 5.50. The third kappa shape index (κ3) is 2.36. The van der Waals surface area contributed by atoms with E-state index in [9.17, 15) is 4.39 Å². The predicted molar refractivity (Wildman–Crippen MR) is 59.2 cm³/mol. The summed E-state index contributed by atoms with van der Waals surface area (Å²) in [5, 5.41) is 3.29. The Kier molecular flexibility index (Phi) is 3.34. The van der Waals surface area contributed by atoms with E-state index in [1.807, 2.05) is 12.1 Å². The Balaban J connectivity index is 2.24. The summed E-state index contributed by atoms with van der Waals surface area (Å²) in [6.07, 6.45) is 1.83. The maximum Gasteiger partial charge on any atom is 0.126 e. The van der Waals surface area contributed by atoms with Crippen LogP contribution >= 0.6 is 0 Å². The number of benzene rings is 1. The van der Waals surface area contributed by atoms with Gasteiger partial charge < -0.3 is 11.1 Å². The zero-order valence-electron chi connectivity index (χ0n) is 8.75. The lowest BCUT2D eigenvalue weighted by Gasteiger charge is -2.21. The molecule has 1 saturated heterocycles. The van der Waals surface area contributed by atoms with Crippen molar-refractivity contribution in [1.82, 2.24) is 5.32 Å². The van der Waals surface area contributed by atoms with E-state index in [2.05, 4.69) is 5.32 Å². The number of hydrogen-bond donors (Lipinski definition) is 2. The first-order chi connectivity index (χ1) is 7.29. The summed E-state index contributed by atoms with van der Waals surface area (Å²) in [5.41, 5.74) is 6.85. The molecule has 0 aromatic heterocycles. The highest BCUT2D eigenvalue weighted by atomic mass is 19.1. The van der Waals surface area contributed by atoms with E-state index in [0.717, 1.165) is 31.5 Å². The minimum Gasteiger partial charge on any atom is -0.327 e. The molecule has 1 aromatic rings. The number of nitrogens with two attached hydrogens (primary N) is 1. The molecule has 0 aliphatic carbocycles. The molecule has 2 unspecified atom stereocenters. The van der Waals surface area contributed by atoms with Gasteiger partial charge in [-0.2, -0.15) is 0 Å².